The van der Waals surface area contributed by atoms with Crippen molar-refractivity contribution in [2.75, 3.05) is 6.61 Å². The molecule has 2 N–H and O–H groups in total. The number of alkyl halides is 1. The molecular formula is C24H24FN3O. The number of hydrogen-bond donors (Lipinski definition) is 2. The van der Waals surface area contributed by atoms with E-state index < -0.39 is 18.8 Å². The van der Waals surface area contributed by atoms with Gasteiger partial charge in [-0.25, -0.2) is 4.39 Å². The molecule has 0 saturated carbocycles. The lowest BCUT2D eigenvalue weighted by Crippen LogP contribution is -2.32. The van der Waals surface area contributed by atoms with Crippen LogP contribution in [0.3, 0.4) is 0 Å². The van der Waals surface area contributed by atoms with Crippen LogP contribution >= 0.6 is 0 Å². The van der Waals surface area contributed by atoms with Gasteiger partial charge in [0, 0.05) is 0 Å². The van der Waals surface area contributed by atoms with Crippen LogP contribution in [0.5, 0.6) is 0 Å². The normalized spacial score (nSPS) is 13.5. The van der Waals surface area contributed by atoms with Gasteiger partial charge in [0.15, 0.2) is 0 Å². The molecule has 0 aliphatic heterocycles. The highest BCUT2D eigenvalue weighted by Crippen LogP contribution is 2.31. The minimum Gasteiger partial charge on any atom is -0.394 e. The summed E-state index contributed by atoms with van der Waals surface area (Å²) in [6.45, 7) is 2.15. The molecule has 1 aromatic heterocycles. The van der Waals surface area contributed by atoms with Crippen LogP contribution in [-0.4, -0.2) is 20.8 Å². The Labute approximate surface area is 169 Å². The summed E-state index contributed by atoms with van der Waals surface area (Å²) in [5, 5.41) is 18.9. The number of aliphatic hydroxyl groups is 1. The zero-order chi connectivity index (χ0) is 20.4. The molecule has 5 heteroatoms. The molecular weight excluding hydrogens is 365 g/mol. The van der Waals surface area contributed by atoms with Crippen molar-refractivity contribution in [2.24, 2.45) is 0 Å². The van der Waals surface area contributed by atoms with Gasteiger partial charge in [0.05, 0.1) is 30.2 Å². The quantitative estimate of drug-likeness (QED) is 0.500. The van der Waals surface area contributed by atoms with E-state index in [1.54, 1.807) is 28.8 Å². The third kappa shape index (κ3) is 3.61. The number of nitrogens with zero attached hydrogens (tertiary/aromatic N) is 2. The highest BCUT2D eigenvalue weighted by atomic mass is 19.1. The van der Waals surface area contributed by atoms with Gasteiger partial charge in [0.25, 0.3) is 0 Å². The summed E-state index contributed by atoms with van der Waals surface area (Å²) in [6, 6.07) is 23.7. The lowest BCUT2D eigenvalue weighted by atomic mass is 10.0. The molecule has 0 fully saturated rings. The van der Waals surface area contributed by atoms with Crippen molar-refractivity contribution >= 4 is 11.0 Å². The van der Waals surface area contributed by atoms with E-state index in [0.717, 1.165) is 16.6 Å². The van der Waals surface area contributed by atoms with E-state index in [9.17, 15) is 5.11 Å². The van der Waals surface area contributed by atoms with Gasteiger partial charge in [0.2, 0.25) is 5.62 Å². The van der Waals surface area contributed by atoms with Crippen LogP contribution in [0.2, 0.25) is 0 Å². The number of aliphatic hydroxyl groups excluding tert-OH is 1. The first kappa shape index (κ1) is 19.2. The summed E-state index contributed by atoms with van der Waals surface area (Å²) in [5.41, 5.74) is 4.49. The summed E-state index contributed by atoms with van der Waals surface area (Å²) < 4.78 is 18.9. The Kier molecular flexibility index (Phi) is 5.32. The predicted molar refractivity (Wildman–Crippen MR) is 112 cm³/mol. The molecule has 0 amide bonds. The molecule has 0 bridgehead atoms. The van der Waals surface area contributed by atoms with Crippen LogP contribution < -0.4 is 5.62 Å². The smallest absolute Gasteiger partial charge is 0.203 e. The maximum atomic E-state index is 15.4. The monoisotopic (exact) mass is 389 g/mol. The molecule has 4 nitrogen and oxygen atoms in total. The lowest BCUT2D eigenvalue weighted by molar-refractivity contribution is 0.143. The predicted octanol–water partition coefficient (Wildman–Crippen LogP) is 4.52. The second kappa shape index (κ2) is 8.05. The van der Waals surface area contributed by atoms with Gasteiger partial charge in [-0.05, 0) is 30.2 Å². The van der Waals surface area contributed by atoms with Gasteiger partial charge in [-0.3, -0.25) is 5.41 Å². The molecule has 4 rings (SSSR count). The van der Waals surface area contributed by atoms with Gasteiger partial charge >= 0.3 is 0 Å². The number of aryl methyl sites for hydroxylation is 1. The summed E-state index contributed by atoms with van der Waals surface area (Å²) in [4.78, 5) is 0. The van der Waals surface area contributed by atoms with Gasteiger partial charge in [-0.2, -0.15) is 0 Å². The van der Waals surface area contributed by atoms with Gasteiger partial charge < -0.3 is 14.2 Å². The Balaban J connectivity index is 1.83. The molecule has 2 atom stereocenters. The zero-order valence-electron chi connectivity index (χ0n) is 16.3. The van der Waals surface area contributed by atoms with Gasteiger partial charge in [-0.1, -0.05) is 72.3 Å². The Bertz CT molecular complexity index is 1160. The van der Waals surface area contributed by atoms with Crippen molar-refractivity contribution in [3.63, 3.8) is 0 Å². The summed E-state index contributed by atoms with van der Waals surface area (Å²) in [7, 11) is 0. The van der Waals surface area contributed by atoms with E-state index in [1.807, 2.05) is 66.1 Å². The molecule has 4 aromatic rings. The van der Waals surface area contributed by atoms with E-state index in [1.165, 1.54) is 5.56 Å². The second-order valence-corrected chi connectivity index (χ2v) is 7.32. The molecule has 0 saturated heterocycles. The molecule has 0 radical (unpaired) electrons. The van der Waals surface area contributed by atoms with Crippen LogP contribution in [0, 0.1) is 12.3 Å². The van der Waals surface area contributed by atoms with E-state index in [2.05, 4.69) is 0 Å². The Morgan fingerprint density at radius 3 is 2.17 bits per heavy atom. The fourth-order valence-corrected chi connectivity index (χ4v) is 3.79. The maximum absolute atomic E-state index is 15.4. The molecule has 0 aliphatic rings. The van der Waals surface area contributed by atoms with Crippen LogP contribution in [0.1, 0.15) is 28.9 Å². The number of imidazole rings is 1. The molecule has 29 heavy (non-hydrogen) atoms. The number of halogens is 1. The van der Waals surface area contributed by atoms with Gasteiger partial charge in [0.1, 0.15) is 6.17 Å². The number of rotatable bonds is 6. The number of fused-ring (bicyclic) bond motifs is 1. The molecule has 0 aliphatic carbocycles. The Hall–Kier alpha value is -3.18. The summed E-state index contributed by atoms with van der Waals surface area (Å²) in [5.74, 6) is 0. The maximum Gasteiger partial charge on any atom is 0.203 e. The zero-order valence-corrected chi connectivity index (χ0v) is 16.3. The number of hydrogen-bond acceptors (Lipinski definition) is 2. The first-order valence-corrected chi connectivity index (χ1v) is 9.70. The number of nitrogens with one attached hydrogen (secondary N) is 1. The van der Waals surface area contributed by atoms with Crippen molar-refractivity contribution in [2.45, 2.75) is 25.7 Å². The first-order valence-electron chi connectivity index (χ1n) is 9.70. The molecule has 0 unspecified atom stereocenters. The van der Waals surface area contributed by atoms with Crippen molar-refractivity contribution in [3.05, 3.63) is 101 Å². The van der Waals surface area contributed by atoms with Gasteiger partial charge in [-0.15, -0.1) is 0 Å². The topological polar surface area (TPSA) is 53.9 Å². The van der Waals surface area contributed by atoms with E-state index in [0.29, 0.717) is 12.1 Å². The highest BCUT2D eigenvalue weighted by Gasteiger charge is 2.27. The summed E-state index contributed by atoms with van der Waals surface area (Å²) in [6.07, 6.45) is -1.42. The van der Waals surface area contributed by atoms with E-state index in [-0.39, 0.29) is 5.62 Å². The average molecular weight is 389 g/mol. The molecule has 1 heterocycles. The number of benzene rings is 3. The van der Waals surface area contributed by atoms with E-state index >= 15 is 4.39 Å². The van der Waals surface area contributed by atoms with Crippen LogP contribution in [0.15, 0.2) is 78.9 Å². The summed E-state index contributed by atoms with van der Waals surface area (Å²) >= 11 is 0. The Morgan fingerprint density at radius 1 is 0.897 bits per heavy atom. The molecule has 148 valence electrons. The Morgan fingerprint density at radius 2 is 1.52 bits per heavy atom. The minimum absolute atomic E-state index is 0.171. The number of aromatic nitrogens is 2. The molecule has 3 aromatic carbocycles. The van der Waals surface area contributed by atoms with Crippen LogP contribution in [0.4, 0.5) is 4.39 Å². The van der Waals surface area contributed by atoms with Crippen LogP contribution in [-0.2, 0) is 6.54 Å². The average Bonchev–Trinajstić information content (AvgIpc) is 3.03. The second-order valence-electron chi connectivity index (χ2n) is 7.32. The van der Waals surface area contributed by atoms with E-state index in [4.69, 9.17) is 5.41 Å². The van der Waals surface area contributed by atoms with Crippen molar-refractivity contribution in [3.8, 4) is 0 Å². The first-order chi connectivity index (χ1) is 14.1. The fourth-order valence-electron chi connectivity index (χ4n) is 3.79. The highest BCUT2D eigenvalue weighted by molar-refractivity contribution is 5.76. The van der Waals surface area contributed by atoms with Crippen molar-refractivity contribution in [1.82, 2.24) is 9.13 Å². The van der Waals surface area contributed by atoms with Crippen molar-refractivity contribution < 1.29 is 9.50 Å². The lowest BCUT2D eigenvalue weighted by Gasteiger charge is -2.21. The number of para-hydroxylation sites is 2. The molecule has 0 spiro atoms. The SMILES string of the molecule is Cc1ccc(Cn2c(=N)n([C@H](CO)[C@@H](F)c3ccccc3)c3ccccc32)cc1. The minimum atomic E-state index is -1.42. The third-order valence-corrected chi connectivity index (χ3v) is 5.35. The van der Waals surface area contributed by atoms with Crippen molar-refractivity contribution in [1.29, 1.82) is 5.41 Å². The third-order valence-electron chi connectivity index (χ3n) is 5.35. The largest absolute Gasteiger partial charge is 0.394 e. The standard InChI is InChI=1S/C24H24FN3O/c1-17-11-13-18(14-12-17)15-27-20-9-5-6-10-21(20)28(24(27)26)22(16-29)23(25)19-7-3-2-4-8-19/h2-14,22-23,26,29H,15-16H2,1H3/t22-,23+/m1/s1. The fraction of sp³-hybridized carbons (Fsp3) is 0.208. The van der Waals surface area contributed by atoms with Crippen LogP contribution in [0.25, 0.3) is 11.0 Å².